The molecule has 0 aliphatic heterocycles. The summed E-state index contributed by atoms with van der Waals surface area (Å²) in [6.07, 6.45) is 0. The van der Waals surface area contributed by atoms with E-state index in [9.17, 15) is 19.6 Å². The topological polar surface area (TPSA) is 101 Å². The molecule has 0 rings (SSSR count). The molecule has 11 heteroatoms. The maximum absolute atomic E-state index is 9.24. The van der Waals surface area contributed by atoms with Crippen LogP contribution in [0.5, 0.6) is 0 Å². The van der Waals surface area contributed by atoms with Gasteiger partial charge in [0.25, 0.3) is 0 Å². The van der Waals surface area contributed by atoms with Gasteiger partial charge in [0.1, 0.15) is 0 Å². The van der Waals surface area contributed by atoms with Crippen molar-refractivity contribution in [1.29, 1.82) is 0 Å². The molecule has 44 valence electrons. The monoisotopic (exact) mass is 170 g/mol. The Hall–Kier alpha value is 3.05. The third-order valence-corrected chi connectivity index (χ3v) is 1.20. The van der Waals surface area contributed by atoms with E-state index in [0.29, 0.717) is 0 Å². The van der Waals surface area contributed by atoms with Crippen LogP contribution in [-0.4, -0.2) is 0 Å². The van der Waals surface area contributed by atoms with Crippen LogP contribution in [0.3, 0.4) is 0 Å². The number of rotatable bonds is 2. The van der Waals surface area contributed by atoms with Gasteiger partial charge in [0.2, 0.25) is 0 Å². The zero-order chi connectivity index (χ0) is 5.86. The van der Waals surface area contributed by atoms with Crippen molar-refractivity contribution in [3.05, 3.63) is 0 Å². The number of hydrogen-bond donors (Lipinski definition) is 0. The third-order valence-electron chi connectivity index (χ3n) is 0.133. The summed E-state index contributed by atoms with van der Waals surface area (Å²) in [5.41, 5.74) is 0. The first-order valence-corrected chi connectivity index (χ1v) is 3.29. The van der Waals surface area contributed by atoms with E-state index >= 15 is 0 Å². The van der Waals surface area contributed by atoms with Crippen molar-refractivity contribution in [2.45, 2.75) is 0 Å². The summed E-state index contributed by atoms with van der Waals surface area (Å²) in [7, 11) is -6.47. The Morgan fingerprint density at radius 1 is 0.636 bits per heavy atom. The summed E-state index contributed by atoms with van der Waals surface area (Å²) in [5.74, 6) is 0. The minimum atomic E-state index is -3.24. The van der Waals surface area contributed by atoms with E-state index in [1.165, 1.54) is 0 Å². The molecule has 0 unspecified atom stereocenters. The van der Waals surface area contributed by atoms with Gasteiger partial charge in [0, 0.05) is 0 Å². The summed E-state index contributed by atoms with van der Waals surface area (Å²) in [6.45, 7) is 0. The average Bonchev–Trinajstić information content (AvgIpc) is 1.27. The van der Waals surface area contributed by atoms with Gasteiger partial charge in [-0.2, -0.15) is 17.2 Å². The molecule has 0 spiro atoms. The number of hydrogen-bond acceptors (Lipinski definition) is 5. The van der Waals surface area contributed by atoms with Gasteiger partial charge in [0.15, 0.2) is 0 Å². The molecule has 5 nitrogen and oxygen atoms in total. The van der Waals surface area contributed by atoms with Gasteiger partial charge in [-0.15, -0.1) is 0 Å². The van der Waals surface area contributed by atoms with E-state index in [0.717, 1.165) is 0 Å². The minimum Gasteiger partial charge on any atom is -0.820 e. The summed E-state index contributed by atoms with van der Waals surface area (Å²) < 4.78 is 3.16. The molecule has 0 saturated heterocycles. The van der Waals surface area contributed by atoms with Gasteiger partial charge in [-0.05, 0) is 0 Å². The van der Waals surface area contributed by atoms with E-state index < -0.39 is 17.2 Å². The Kier molecular flexibility index (Phi) is 49.8. The standard InChI is InChI=1S/4Li.O5P2/c;;;;1-6(2)5-7(3)4/q4*+1;-4. The fourth-order valence-electron chi connectivity index (χ4n) is 0.0544. The second-order valence-corrected chi connectivity index (χ2v) is 2.08. The second-order valence-electron chi connectivity index (χ2n) is 0.529. The van der Waals surface area contributed by atoms with Gasteiger partial charge < -0.3 is 23.9 Å². The van der Waals surface area contributed by atoms with Crippen molar-refractivity contribution in [3.63, 3.8) is 0 Å². The largest absolute Gasteiger partial charge is 1.00 e. The molecule has 0 bridgehead atoms. The van der Waals surface area contributed by atoms with Crippen LogP contribution >= 0.6 is 17.2 Å². The van der Waals surface area contributed by atoms with Crippen molar-refractivity contribution in [2.75, 3.05) is 0 Å². The molecule has 0 amide bonds. The fraction of sp³-hybridized carbons (Fsp3) is 0. The molecule has 0 aromatic heterocycles. The Labute approximate surface area is 115 Å². The normalized spacial score (nSPS) is 7.09. The van der Waals surface area contributed by atoms with Crippen molar-refractivity contribution in [1.82, 2.24) is 0 Å². The smallest absolute Gasteiger partial charge is 0.820 e. The van der Waals surface area contributed by atoms with Crippen LogP contribution in [0.2, 0.25) is 0 Å². The van der Waals surface area contributed by atoms with Crippen LogP contribution < -0.4 is 95.0 Å². The Bertz CT molecular complexity index is 45.7. The minimum absolute atomic E-state index is 0. The zero-order valence-electron chi connectivity index (χ0n) is 6.94. The summed E-state index contributed by atoms with van der Waals surface area (Å²) in [6, 6.07) is 0. The molecule has 0 aliphatic rings. The zero-order valence-corrected chi connectivity index (χ0v) is 8.72. The van der Waals surface area contributed by atoms with Gasteiger partial charge in [-0.25, -0.2) is 0 Å². The molecular weight excluding hydrogens is 170 g/mol. The second kappa shape index (κ2) is 18.8. The van der Waals surface area contributed by atoms with Crippen LogP contribution in [-0.2, 0) is 4.31 Å². The van der Waals surface area contributed by atoms with Crippen LogP contribution in [0.4, 0.5) is 0 Å². The molecule has 0 aromatic rings. The van der Waals surface area contributed by atoms with E-state index in [-0.39, 0.29) is 75.4 Å². The summed E-state index contributed by atoms with van der Waals surface area (Å²) in [5, 5.41) is 0. The van der Waals surface area contributed by atoms with Crippen LogP contribution in [0.25, 0.3) is 0 Å². The average molecular weight is 170 g/mol. The quantitative estimate of drug-likeness (QED) is 0.302. The van der Waals surface area contributed by atoms with E-state index in [4.69, 9.17) is 0 Å². The summed E-state index contributed by atoms with van der Waals surface area (Å²) >= 11 is 0. The maximum atomic E-state index is 9.24. The molecule has 0 atom stereocenters. The first-order valence-electron chi connectivity index (χ1n) is 1.10. The Morgan fingerprint density at radius 2 is 0.818 bits per heavy atom. The molecule has 11 heavy (non-hydrogen) atoms. The van der Waals surface area contributed by atoms with Crippen molar-refractivity contribution in [2.24, 2.45) is 0 Å². The van der Waals surface area contributed by atoms with Crippen LogP contribution in [0.1, 0.15) is 0 Å². The summed E-state index contributed by atoms with van der Waals surface area (Å²) in [4.78, 5) is 37.0. The van der Waals surface area contributed by atoms with Gasteiger partial charge in [-0.1, -0.05) is 0 Å². The van der Waals surface area contributed by atoms with Crippen molar-refractivity contribution < 1.29 is 99.3 Å². The van der Waals surface area contributed by atoms with Crippen molar-refractivity contribution in [3.8, 4) is 0 Å². The molecule has 0 aliphatic carbocycles. The molecule has 0 radical (unpaired) electrons. The fourth-order valence-corrected chi connectivity index (χ4v) is 0.490. The first kappa shape index (κ1) is 29.2. The van der Waals surface area contributed by atoms with E-state index in [1.54, 1.807) is 0 Å². The Balaban J connectivity index is -0.0000000300. The molecule has 0 fully saturated rings. The van der Waals surface area contributed by atoms with Gasteiger partial charge >= 0.3 is 75.4 Å². The maximum Gasteiger partial charge on any atom is 1.00 e. The molecular formula is Li4O5P2. The predicted molar refractivity (Wildman–Crippen MR) is 14.9 cm³/mol. The SMILES string of the molecule is [Li+].[Li+].[Li+].[Li+].[O-]P([O-])OP([O-])[O-]. The molecule has 0 heterocycles. The van der Waals surface area contributed by atoms with Crippen LogP contribution in [0, 0.1) is 0 Å². The molecule has 0 saturated carbocycles. The third kappa shape index (κ3) is 32.1. The van der Waals surface area contributed by atoms with Gasteiger partial charge in [0.05, 0.1) is 0 Å². The van der Waals surface area contributed by atoms with Crippen LogP contribution in [0.15, 0.2) is 0 Å². The molecule has 0 aromatic carbocycles. The first-order chi connectivity index (χ1) is 3.13. The van der Waals surface area contributed by atoms with Crippen molar-refractivity contribution >= 4 is 17.2 Å². The molecule has 0 N–H and O–H groups in total. The van der Waals surface area contributed by atoms with E-state index in [1.807, 2.05) is 0 Å². The predicted octanol–water partition coefficient (Wildman–Crippen LogP) is -15.1. The van der Waals surface area contributed by atoms with E-state index in [2.05, 4.69) is 4.31 Å². The Morgan fingerprint density at radius 3 is 0.818 bits per heavy atom. The van der Waals surface area contributed by atoms with Gasteiger partial charge in [-0.3, -0.25) is 0 Å².